The molecule has 1 heterocycles. The van der Waals surface area contributed by atoms with Crippen LogP contribution in [0, 0.1) is 24.5 Å². The number of ether oxygens (including phenoxy) is 2. The molecule has 190 valence electrons. The summed E-state index contributed by atoms with van der Waals surface area (Å²) in [5.41, 5.74) is 2.16. The summed E-state index contributed by atoms with van der Waals surface area (Å²) < 4.78 is 40.8. The van der Waals surface area contributed by atoms with E-state index in [1.165, 1.54) is 24.3 Å². The van der Waals surface area contributed by atoms with Crippen LogP contribution < -0.4 is 4.74 Å². The zero-order valence-electron chi connectivity index (χ0n) is 20.9. The van der Waals surface area contributed by atoms with Gasteiger partial charge in [0, 0.05) is 25.8 Å². The van der Waals surface area contributed by atoms with Crippen LogP contribution in [0.3, 0.4) is 0 Å². The molecular weight excluding hydrogens is 452 g/mol. The quantitative estimate of drug-likeness (QED) is 0.345. The van der Waals surface area contributed by atoms with Gasteiger partial charge in [-0.15, -0.1) is 0 Å². The molecule has 6 nitrogen and oxygen atoms in total. The number of halogens is 2. The van der Waals surface area contributed by atoms with Gasteiger partial charge in [-0.05, 0) is 62.2 Å². The maximum atomic E-state index is 13.9. The highest BCUT2D eigenvalue weighted by Gasteiger charge is 2.22. The van der Waals surface area contributed by atoms with Crippen molar-refractivity contribution in [1.29, 1.82) is 0 Å². The molecule has 0 saturated heterocycles. The van der Waals surface area contributed by atoms with Crippen molar-refractivity contribution >= 4 is 0 Å². The monoisotopic (exact) mass is 487 g/mol. The highest BCUT2D eigenvalue weighted by molar-refractivity contribution is 5.43. The first kappa shape index (κ1) is 26.8. The van der Waals surface area contributed by atoms with Gasteiger partial charge in [0.1, 0.15) is 17.4 Å². The van der Waals surface area contributed by atoms with Gasteiger partial charge in [0.05, 0.1) is 29.7 Å². The molecule has 0 spiro atoms. The summed E-state index contributed by atoms with van der Waals surface area (Å²) in [7, 11) is 0. The lowest BCUT2D eigenvalue weighted by atomic mass is 10.2. The van der Waals surface area contributed by atoms with Crippen molar-refractivity contribution in [3.63, 3.8) is 0 Å². The number of benzene rings is 2. The van der Waals surface area contributed by atoms with E-state index in [1.807, 2.05) is 6.92 Å². The summed E-state index contributed by atoms with van der Waals surface area (Å²) >= 11 is 0. The van der Waals surface area contributed by atoms with Gasteiger partial charge in [0.15, 0.2) is 0 Å². The first-order chi connectivity index (χ1) is 16.8. The van der Waals surface area contributed by atoms with Crippen molar-refractivity contribution in [3.05, 3.63) is 71.4 Å². The Morgan fingerprint density at radius 3 is 2.46 bits per heavy atom. The predicted octanol–water partition coefficient (Wildman–Crippen LogP) is 5.50. The molecule has 0 aliphatic carbocycles. The van der Waals surface area contributed by atoms with Crippen LogP contribution in [0.25, 0.3) is 5.69 Å². The second-order valence-electron chi connectivity index (χ2n) is 9.14. The van der Waals surface area contributed by atoms with Crippen LogP contribution in [-0.4, -0.2) is 52.2 Å². The fraction of sp³-hybridized carbons (Fsp3) is 0.444. The van der Waals surface area contributed by atoms with Crippen LogP contribution >= 0.6 is 0 Å². The second kappa shape index (κ2) is 12.8. The van der Waals surface area contributed by atoms with Crippen molar-refractivity contribution in [2.75, 3.05) is 26.3 Å². The van der Waals surface area contributed by atoms with Crippen LogP contribution in [0.15, 0.2) is 48.5 Å². The predicted molar refractivity (Wildman–Crippen MR) is 132 cm³/mol. The molecule has 0 amide bonds. The number of aliphatic hydroxyl groups is 1. The van der Waals surface area contributed by atoms with E-state index < -0.39 is 11.9 Å². The first-order valence-electron chi connectivity index (χ1n) is 12.0. The molecule has 0 aliphatic heterocycles. The minimum Gasteiger partial charge on any atom is -0.438 e. The van der Waals surface area contributed by atoms with E-state index >= 15 is 0 Å². The van der Waals surface area contributed by atoms with Gasteiger partial charge >= 0.3 is 0 Å². The second-order valence-corrected chi connectivity index (χ2v) is 9.14. The van der Waals surface area contributed by atoms with Crippen LogP contribution in [0.2, 0.25) is 0 Å². The third-order valence-electron chi connectivity index (χ3n) is 5.37. The van der Waals surface area contributed by atoms with Crippen LogP contribution in [0.5, 0.6) is 11.6 Å². The Morgan fingerprint density at radius 2 is 1.80 bits per heavy atom. The molecule has 3 aromatic rings. The topological polar surface area (TPSA) is 59.8 Å². The highest BCUT2D eigenvalue weighted by Crippen LogP contribution is 2.32. The van der Waals surface area contributed by atoms with Gasteiger partial charge in [-0.3, -0.25) is 4.90 Å². The molecule has 1 aromatic heterocycles. The Morgan fingerprint density at radius 1 is 1.06 bits per heavy atom. The summed E-state index contributed by atoms with van der Waals surface area (Å²) in [6.45, 7) is 10.6. The third kappa shape index (κ3) is 7.85. The highest BCUT2D eigenvalue weighted by atomic mass is 19.1. The van der Waals surface area contributed by atoms with E-state index in [9.17, 15) is 13.9 Å². The van der Waals surface area contributed by atoms with Crippen molar-refractivity contribution in [1.82, 2.24) is 14.7 Å². The smallest absolute Gasteiger partial charge is 0.227 e. The Labute approximate surface area is 206 Å². The molecule has 2 aromatic carbocycles. The van der Waals surface area contributed by atoms with Crippen LogP contribution in [-0.2, 0) is 11.3 Å². The molecule has 35 heavy (non-hydrogen) atoms. The van der Waals surface area contributed by atoms with E-state index in [0.29, 0.717) is 42.9 Å². The molecule has 1 N–H and O–H groups in total. The lowest BCUT2D eigenvalue weighted by molar-refractivity contribution is 0.00681. The maximum Gasteiger partial charge on any atom is 0.227 e. The molecule has 0 saturated carbocycles. The number of nitrogens with zero attached hydrogens (tertiary/aromatic N) is 3. The summed E-state index contributed by atoms with van der Waals surface area (Å²) in [4.78, 5) is 2.13. The lowest BCUT2D eigenvalue weighted by Crippen LogP contribution is -2.35. The first-order valence-corrected chi connectivity index (χ1v) is 12.0. The number of aliphatic hydroxyl groups excluding tert-OH is 1. The summed E-state index contributed by atoms with van der Waals surface area (Å²) in [6, 6.07) is 11.8. The molecule has 8 heteroatoms. The molecule has 1 atom stereocenters. The van der Waals surface area contributed by atoms with Crippen molar-refractivity contribution < 1.29 is 23.4 Å². The van der Waals surface area contributed by atoms with E-state index in [1.54, 1.807) is 28.9 Å². The summed E-state index contributed by atoms with van der Waals surface area (Å²) in [5.74, 6) is 0.389. The average Bonchev–Trinajstić information content (AvgIpc) is 3.09. The fourth-order valence-corrected chi connectivity index (χ4v) is 3.79. The van der Waals surface area contributed by atoms with E-state index in [4.69, 9.17) is 9.47 Å². The van der Waals surface area contributed by atoms with E-state index in [0.717, 1.165) is 24.2 Å². The fourth-order valence-electron chi connectivity index (χ4n) is 3.79. The zero-order chi connectivity index (χ0) is 25.4. The Balaban J connectivity index is 1.90. The number of aromatic nitrogens is 2. The largest absolute Gasteiger partial charge is 0.438 e. The van der Waals surface area contributed by atoms with Gasteiger partial charge in [-0.1, -0.05) is 26.8 Å². The Bertz CT molecular complexity index is 1070. The van der Waals surface area contributed by atoms with Crippen molar-refractivity contribution in [2.24, 2.45) is 5.92 Å². The van der Waals surface area contributed by atoms with Crippen LogP contribution in [0.4, 0.5) is 8.78 Å². The Kier molecular flexibility index (Phi) is 9.77. The Hall–Kier alpha value is -2.81. The van der Waals surface area contributed by atoms with Gasteiger partial charge in [0.25, 0.3) is 0 Å². The van der Waals surface area contributed by atoms with Crippen molar-refractivity contribution in [2.45, 2.75) is 46.8 Å². The number of aryl methyl sites for hydroxylation is 1. The SMILES string of the molecule is CCCN(Cc1c(C)nn(-c2ccc(F)cc2)c1Oc1cccc(F)c1)C[C@@H](O)COCC(C)C. The summed E-state index contributed by atoms with van der Waals surface area (Å²) in [5, 5.41) is 15.2. The van der Waals surface area contributed by atoms with Crippen molar-refractivity contribution in [3.8, 4) is 17.3 Å². The average molecular weight is 488 g/mol. The van der Waals surface area contributed by atoms with Gasteiger partial charge in [-0.2, -0.15) is 5.10 Å². The van der Waals surface area contributed by atoms with Gasteiger partial charge < -0.3 is 14.6 Å². The minimum atomic E-state index is -0.639. The normalized spacial score (nSPS) is 12.5. The standard InChI is InChI=1S/C27H35F2N3O3/c1-5-13-31(15-24(33)18-34-17-19(2)3)16-26-20(4)30-32(23-11-9-21(28)10-12-23)27(26)35-25-8-6-7-22(29)14-25/h6-12,14,19,24,33H,5,13,15-18H2,1-4H3/t24-/m1/s1. The number of rotatable bonds is 13. The molecule has 3 rings (SSSR count). The van der Waals surface area contributed by atoms with Gasteiger partial charge in [0.2, 0.25) is 5.88 Å². The van der Waals surface area contributed by atoms with E-state index in [-0.39, 0.29) is 12.4 Å². The zero-order valence-corrected chi connectivity index (χ0v) is 20.9. The third-order valence-corrected chi connectivity index (χ3v) is 5.37. The molecule has 0 radical (unpaired) electrons. The maximum absolute atomic E-state index is 13.9. The molecule has 0 unspecified atom stereocenters. The van der Waals surface area contributed by atoms with Crippen LogP contribution in [0.1, 0.15) is 38.4 Å². The summed E-state index contributed by atoms with van der Waals surface area (Å²) in [6.07, 6.45) is 0.255. The number of hydrogen-bond acceptors (Lipinski definition) is 5. The van der Waals surface area contributed by atoms with Gasteiger partial charge in [-0.25, -0.2) is 13.5 Å². The lowest BCUT2D eigenvalue weighted by Gasteiger charge is -2.25. The number of hydrogen-bond donors (Lipinski definition) is 1. The van der Waals surface area contributed by atoms with E-state index in [2.05, 4.69) is 30.8 Å². The molecule has 0 aliphatic rings. The molecular formula is C27H35F2N3O3. The molecule has 0 bridgehead atoms. The minimum absolute atomic E-state index is 0.263. The molecule has 0 fully saturated rings.